The number of unbranched alkanes of at least 4 members (excludes halogenated alkanes) is 1. The van der Waals surface area contributed by atoms with Gasteiger partial charge < -0.3 is 4.74 Å². The number of ether oxygens (including phenoxy) is 1. The van der Waals surface area contributed by atoms with Crippen molar-refractivity contribution in [1.82, 2.24) is 0 Å². The second-order valence-corrected chi connectivity index (χ2v) is 4.02. The van der Waals surface area contributed by atoms with Crippen molar-refractivity contribution in [3.05, 3.63) is 40.9 Å². The minimum Gasteiger partial charge on any atom is -0.492 e. The van der Waals surface area contributed by atoms with E-state index in [-0.39, 0.29) is 0 Å². The molecule has 0 saturated carbocycles. The number of hydrogen-bond donors (Lipinski definition) is 0. The Morgan fingerprint density at radius 1 is 1.50 bits per heavy atom. The van der Waals surface area contributed by atoms with E-state index < -0.39 is 0 Å². The Labute approximate surface area is 93.9 Å². The van der Waals surface area contributed by atoms with Crippen LogP contribution in [-0.4, -0.2) is 6.61 Å². The van der Waals surface area contributed by atoms with Crippen LogP contribution in [0.25, 0.3) is 0 Å². The lowest BCUT2D eigenvalue weighted by atomic mass is 10.2. The zero-order valence-corrected chi connectivity index (χ0v) is 10.0. The molecule has 0 fully saturated rings. The summed E-state index contributed by atoms with van der Waals surface area (Å²) in [4.78, 5) is 0. The van der Waals surface area contributed by atoms with Crippen LogP contribution in [0.5, 0.6) is 5.75 Å². The molecule has 0 unspecified atom stereocenters. The van der Waals surface area contributed by atoms with E-state index in [1.807, 2.05) is 31.2 Å². The van der Waals surface area contributed by atoms with Gasteiger partial charge in [0.05, 0.1) is 11.1 Å². The molecule has 0 aliphatic carbocycles. The SMILES string of the molecule is C=CCCCOc1c(C)cccc1Br. The zero-order valence-electron chi connectivity index (χ0n) is 8.42. The van der Waals surface area contributed by atoms with Crippen LogP contribution in [0.1, 0.15) is 18.4 Å². The predicted octanol–water partition coefficient (Wildman–Crippen LogP) is 4.10. The molecule has 0 aliphatic rings. The van der Waals surface area contributed by atoms with Crippen LogP contribution in [0.3, 0.4) is 0 Å². The highest BCUT2D eigenvalue weighted by Gasteiger charge is 2.03. The van der Waals surface area contributed by atoms with Gasteiger partial charge in [0.1, 0.15) is 5.75 Å². The van der Waals surface area contributed by atoms with Crippen molar-refractivity contribution in [2.75, 3.05) is 6.61 Å². The van der Waals surface area contributed by atoms with E-state index in [0.717, 1.165) is 35.2 Å². The number of hydrogen-bond acceptors (Lipinski definition) is 1. The van der Waals surface area contributed by atoms with Crippen LogP contribution >= 0.6 is 15.9 Å². The van der Waals surface area contributed by atoms with Crippen LogP contribution in [0.4, 0.5) is 0 Å². The number of halogens is 1. The summed E-state index contributed by atoms with van der Waals surface area (Å²) in [6.45, 7) is 6.47. The average molecular weight is 255 g/mol. The highest BCUT2D eigenvalue weighted by Crippen LogP contribution is 2.28. The summed E-state index contributed by atoms with van der Waals surface area (Å²) < 4.78 is 6.70. The van der Waals surface area contributed by atoms with E-state index in [4.69, 9.17) is 4.74 Å². The van der Waals surface area contributed by atoms with Gasteiger partial charge in [-0.3, -0.25) is 0 Å². The highest BCUT2D eigenvalue weighted by atomic mass is 79.9. The quantitative estimate of drug-likeness (QED) is 0.568. The largest absolute Gasteiger partial charge is 0.492 e. The second kappa shape index (κ2) is 5.86. The third kappa shape index (κ3) is 3.18. The van der Waals surface area contributed by atoms with Crippen molar-refractivity contribution < 1.29 is 4.74 Å². The summed E-state index contributed by atoms with van der Waals surface area (Å²) in [5.41, 5.74) is 1.16. The fraction of sp³-hybridized carbons (Fsp3) is 0.333. The van der Waals surface area contributed by atoms with Gasteiger partial charge in [-0.05, 0) is 47.3 Å². The molecule has 0 amide bonds. The van der Waals surface area contributed by atoms with Crippen LogP contribution in [-0.2, 0) is 0 Å². The van der Waals surface area contributed by atoms with Gasteiger partial charge in [0.25, 0.3) is 0 Å². The van der Waals surface area contributed by atoms with E-state index in [2.05, 4.69) is 22.5 Å². The molecule has 1 aromatic rings. The molecule has 1 rings (SSSR count). The molecule has 76 valence electrons. The summed E-state index contributed by atoms with van der Waals surface area (Å²) in [5.74, 6) is 0.955. The van der Waals surface area contributed by atoms with Gasteiger partial charge in [0, 0.05) is 0 Å². The first-order chi connectivity index (χ1) is 6.75. The van der Waals surface area contributed by atoms with Crippen LogP contribution < -0.4 is 4.74 Å². The minimum atomic E-state index is 0.746. The maximum atomic E-state index is 5.67. The number of aryl methyl sites for hydroxylation is 1. The number of rotatable bonds is 5. The van der Waals surface area contributed by atoms with Gasteiger partial charge in [0.2, 0.25) is 0 Å². The number of allylic oxidation sites excluding steroid dienone is 1. The van der Waals surface area contributed by atoms with Gasteiger partial charge in [-0.25, -0.2) is 0 Å². The molecule has 0 aliphatic heterocycles. The smallest absolute Gasteiger partial charge is 0.136 e. The van der Waals surface area contributed by atoms with Crippen LogP contribution in [0.15, 0.2) is 35.3 Å². The molecule has 0 aromatic heterocycles. The molecule has 0 spiro atoms. The fourth-order valence-electron chi connectivity index (χ4n) is 1.20. The van der Waals surface area contributed by atoms with Gasteiger partial charge in [0.15, 0.2) is 0 Å². The van der Waals surface area contributed by atoms with E-state index in [0.29, 0.717) is 0 Å². The Bertz CT molecular complexity index is 287. The molecule has 0 N–H and O–H groups in total. The van der Waals surface area contributed by atoms with E-state index >= 15 is 0 Å². The first-order valence-electron chi connectivity index (χ1n) is 4.74. The standard InChI is InChI=1S/C12H15BrO/c1-3-4-5-9-14-12-10(2)7-6-8-11(12)13/h3,6-8H,1,4-5,9H2,2H3. The Hall–Kier alpha value is -0.760. The molecule has 0 atom stereocenters. The molecule has 2 heteroatoms. The first-order valence-corrected chi connectivity index (χ1v) is 5.54. The van der Waals surface area contributed by atoms with Gasteiger partial charge in [-0.15, -0.1) is 6.58 Å². The summed E-state index contributed by atoms with van der Waals surface area (Å²) in [6.07, 6.45) is 3.93. The summed E-state index contributed by atoms with van der Waals surface area (Å²) >= 11 is 3.47. The topological polar surface area (TPSA) is 9.23 Å². The molecule has 0 radical (unpaired) electrons. The molecule has 1 nitrogen and oxygen atoms in total. The lowest BCUT2D eigenvalue weighted by molar-refractivity contribution is 0.308. The molecule has 0 bridgehead atoms. The molecule has 0 saturated heterocycles. The van der Waals surface area contributed by atoms with Crippen molar-refractivity contribution >= 4 is 15.9 Å². The van der Waals surface area contributed by atoms with E-state index in [1.54, 1.807) is 0 Å². The second-order valence-electron chi connectivity index (χ2n) is 3.17. The van der Waals surface area contributed by atoms with Crippen LogP contribution in [0, 0.1) is 6.92 Å². The summed E-state index contributed by atoms with van der Waals surface area (Å²) in [6, 6.07) is 6.06. The summed E-state index contributed by atoms with van der Waals surface area (Å²) in [7, 11) is 0. The monoisotopic (exact) mass is 254 g/mol. The predicted molar refractivity (Wildman–Crippen MR) is 63.8 cm³/mol. The summed E-state index contributed by atoms with van der Waals surface area (Å²) in [5, 5.41) is 0. The first kappa shape index (κ1) is 11.3. The lowest BCUT2D eigenvalue weighted by Gasteiger charge is -2.10. The molecule has 0 heterocycles. The van der Waals surface area contributed by atoms with Crippen molar-refractivity contribution in [2.45, 2.75) is 19.8 Å². The normalized spacial score (nSPS) is 9.86. The lowest BCUT2D eigenvalue weighted by Crippen LogP contribution is -1.98. The third-order valence-corrected chi connectivity index (χ3v) is 2.59. The maximum absolute atomic E-state index is 5.67. The third-order valence-electron chi connectivity index (χ3n) is 1.96. The minimum absolute atomic E-state index is 0.746. The number of benzene rings is 1. The average Bonchev–Trinajstić information content (AvgIpc) is 2.16. The number of para-hydroxylation sites is 1. The molecular weight excluding hydrogens is 240 g/mol. The van der Waals surface area contributed by atoms with Crippen molar-refractivity contribution in [3.63, 3.8) is 0 Å². The van der Waals surface area contributed by atoms with Gasteiger partial charge in [-0.2, -0.15) is 0 Å². The molecule has 1 aromatic carbocycles. The Kier molecular flexibility index (Phi) is 4.74. The van der Waals surface area contributed by atoms with E-state index in [1.165, 1.54) is 0 Å². The van der Waals surface area contributed by atoms with Crippen LogP contribution in [0.2, 0.25) is 0 Å². The molecular formula is C12H15BrO. The Morgan fingerprint density at radius 2 is 2.29 bits per heavy atom. The Morgan fingerprint density at radius 3 is 2.93 bits per heavy atom. The maximum Gasteiger partial charge on any atom is 0.136 e. The van der Waals surface area contributed by atoms with Crippen molar-refractivity contribution in [1.29, 1.82) is 0 Å². The zero-order chi connectivity index (χ0) is 10.4. The van der Waals surface area contributed by atoms with E-state index in [9.17, 15) is 0 Å². The van der Waals surface area contributed by atoms with Gasteiger partial charge in [-0.1, -0.05) is 18.2 Å². The fourth-order valence-corrected chi connectivity index (χ4v) is 1.78. The Balaban J connectivity index is 2.53. The van der Waals surface area contributed by atoms with Crippen molar-refractivity contribution in [2.24, 2.45) is 0 Å². The van der Waals surface area contributed by atoms with Gasteiger partial charge >= 0.3 is 0 Å². The van der Waals surface area contributed by atoms with Crippen molar-refractivity contribution in [3.8, 4) is 5.75 Å². The molecule has 14 heavy (non-hydrogen) atoms. The highest BCUT2D eigenvalue weighted by molar-refractivity contribution is 9.10.